The summed E-state index contributed by atoms with van der Waals surface area (Å²) < 4.78 is 29.2. The van der Waals surface area contributed by atoms with E-state index in [4.69, 9.17) is 4.74 Å². The van der Waals surface area contributed by atoms with Crippen molar-refractivity contribution in [2.45, 2.75) is 62.0 Å². The molecular weight excluding hydrogens is 238 g/mol. The Morgan fingerprint density at radius 2 is 2.12 bits per heavy atom. The van der Waals surface area contributed by atoms with Gasteiger partial charge in [0.15, 0.2) is 9.84 Å². The molecule has 0 aromatic rings. The molecule has 0 radical (unpaired) electrons. The summed E-state index contributed by atoms with van der Waals surface area (Å²) in [6, 6.07) is 0.486. The Hall–Kier alpha value is -0.130. The zero-order chi connectivity index (χ0) is 12.1. The number of ether oxygens (including phenoxy) is 1. The van der Waals surface area contributed by atoms with Crippen LogP contribution in [0.1, 0.15) is 39.0 Å². The molecule has 17 heavy (non-hydrogen) atoms. The van der Waals surface area contributed by atoms with Crippen LogP contribution in [0, 0.1) is 0 Å². The van der Waals surface area contributed by atoms with Gasteiger partial charge in [-0.2, -0.15) is 0 Å². The third kappa shape index (κ3) is 2.02. The summed E-state index contributed by atoms with van der Waals surface area (Å²) in [5, 5.41) is 3.27. The van der Waals surface area contributed by atoms with E-state index in [1.165, 1.54) is 19.3 Å². The summed E-state index contributed by atoms with van der Waals surface area (Å²) >= 11 is 0. The molecule has 98 valence electrons. The van der Waals surface area contributed by atoms with Gasteiger partial charge in [0.2, 0.25) is 0 Å². The van der Waals surface area contributed by atoms with Crippen LogP contribution >= 0.6 is 0 Å². The molecular formula is C12H21NO3S. The van der Waals surface area contributed by atoms with Crippen molar-refractivity contribution in [3.63, 3.8) is 0 Å². The number of hydrogen-bond acceptors (Lipinski definition) is 4. The van der Waals surface area contributed by atoms with E-state index in [9.17, 15) is 8.42 Å². The lowest BCUT2D eigenvalue weighted by atomic mass is 9.77. The summed E-state index contributed by atoms with van der Waals surface area (Å²) in [6.45, 7) is 2.58. The number of rotatable bonds is 2. The predicted octanol–water partition coefficient (Wildman–Crippen LogP) is 0.863. The first-order chi connectivity index (χ1) is 8.01. The second-order valence-electron chi connectivity index (χ2n) is 5.88. The highest BCUT2D eigenvalue weighted by molar-refractivity contribution is 7.92. The monoisotopic (exact) mass is 259 g/mol. The second-order valence-corrected chi connectivity index (χ2v) is 8.36. The van der Waals surface area contributed by atoms with Crippen molar-refractivity contribution < 1.29 is 13.2 Å². The van der Waals surface area contributed by atoms with Crippen molar-refractivity contribution in [2.24, 2.45) is 0 Å². The first-order valence-corrected chi connectivity index (χ1v) is 8.34. The van der Waals surface area contributed by atoms with Crippen LogP contribution in [0.5, 0.6) is 0 Å². The summed E-state index contributed by atoms with van der Waals surface area (Å²) in [5.74, 6) is 0.338. The normalized spacial score (nSPS) is 42.8. The molecule has 5 heteroatoms. The van der Waals surface area contributed by atoms with Crippen LogP contribution in [0.2, 0.25) is 0 Å². The average molecular weight is 259 g/mol. The van der Waals surface area contributed by atoms with Gasteiger partial charge in [0, 0.05) is 12.1 Å². The van der Waals surface area contributed by atoms with Crippen LogP contribution in [-0.4, -0.2) is 43.7 Å². The Kier molecular flexibility index (Phi) is 2.76. The number of sulfone groups is 1. The highest BCUT2D eigenvalue weighted by Gasteiger charge is 2.46. The van der Waals surface area contributed by atoms with Gasteiger partial charge in [-0.1, -0.05) is 0 Å². The van der Waals surface area contributed by atoms with Crippen molar-refractivity contribution in [3.05, 3.63) is 0 Å². The molecule has 2 heterocycles. The minimum Gasteiger partial charge on any atom is -0.373 e. The van der Waals surface area contributed by atoms with Gasteiger partial charge < -0.3 is 10.1 Å². The van der Waals surface area contributed by atoms with Gasteiger partial charge in [-0.05, 0) is 39.0 Å². The Labute approximate surface area is 103 Å². The molecule has 3 aliphatic rings. The highest BCUT2D eigenvalue weighted by atomic mass is 32.2. The van der Waals surface area contributed by atoms with Gasteiger partial charge in [-0.25, -0.2) is 8.42 Å². The van der Waals surface area contributed by atoms with Gasteiger partial charge >= 0.3 is 0 Å². The zero-order valence-electron chi connectivity index (χ0n) is 10.3. The molecule has 1 unspecified atom stereocenters. The molecule has 3 rings (SSSR count). The molecule has 0 bridgehead atoms. The maximum Gasteiger partial charge on any atom is 0.154 e. The largest absolute Gasteiger partial charge is 0.373 e. The summed E-state index contributed by atoms with van der Waals surface area (Å²) in [4.78, 5) is 0. The second kappa shape index (κ2) is 3.93. The number of hydrogen-bond donors (Lipinski definition) is 1. The Morgan fingerprint density at radius 1 is 1.35 bits per heavy atom. The Bertz CT molecular complexity index is 402. The van der Waals surface area contributed by atoms with E-state index in [-0.39, 0.29) is 16.9 Å². The van der Waals surface area contributed by atoms with E-state index in [2.05, 4.69) is 5.32 Å². The predicted molar refractivity (Wildman–Crippen MR) is 65.7 cm³/mol. The van der Waals surface area contributed by atoms with Crippen LogP contribution < -0.4 is 5.32 Å². The van der Waals surface area contributed by atoms with Gasteiger partial charge in [0.1, 0.15) is 0 Å². The van der Waals surface area contributed by atoms with Crippen molar-refractivity contribution in [1.82, 2.24) is 5.32 Å². The average Bonchev–Trinajstić information content (AvgIpc) is 2.75. The minimum atomic E-state index is -2.84. The maximum atomic E-state index is 11.7. The molecule has 1 saturated carbocycles. The third-order valence-corrected chi connectivity index (χ3v) is 7.04. The fourth-order valence-corrected chi connectivity index (χ4v) is 5.02. The lowest BCUT2D eigenvalue weighted by Gasteiger charge is -2.37. The van der Waals surface area contributed by atoms with Crippen molar-refractivity contribution in [1.29, 1.82) is 0 Å². The summed E-state index contributed by atoms with van der Waals surface area (Å²) in [7, 11) is -2.84. The van der Waals surface area contributed by atoms with E-state index in [0.29, 0.717) is 11.8 Å². The molecule has 1 aliphatic carbocycles. The molecule has 0 aromatic heterocycles. The first kappa shape index (κ1) is 11.9. The van der Waals surface area contributed by atoms with Gasteiger partial charge in [-0.3, -0.25) is 0 Å². The Morgan fingerprint density at radius 3 is 2.59 bits per heavy atom. The van der Waals surface area contributed by atoms with Crippen LogP contribution in [0.4, 0.5) is 0 Å². The van der Waals surface area contributed by atoms with E-state index in [1.54, 1.807) is 0 Å². The van der Waals surface area contributed by atoms with Gasteiger partial charge in [0.05, 0.1) is 23.2 Å². The lowest BCUT2D eigenvalue weighted by Crippen LogP contribution is -2.44. The Balaban J connectivity index is 1.58. The van der Waals surface area contributed by atoms with Gasteiger partial charge in [0.25, 0.3) is 0 Å². The molecule has 1 spiro atoms. The van der Waals surface area contributed by atoms with E-state index >= 15 is 0 Å². The lowest BCUT2D eigenvalue weighted by molar-refractivity contribution is -0.0563. The van der Waals surface area contributed by atoms with Crippen molar-refractivity contribution in [2.75, 3.05) is 12.4 Å². The van der Waals surface area contributed by atoms with E-state index < -0.39 is 9.84 Å². The smallest absolute Gasteiger partial charge is 0.154 e. The molecule has 2 aliphatic heterocycles. The first-order valence-electron chi connectivity index (χ1n) is 6.62. The summed E-state index contributed by atoms with van der Waals surface area (Å²) in [6.07, 6.45) is 5.47. The van der Waals surface area contributed by atoms with Crippen LogP contribution in [0.25, 0.3) is 0 Å². The molecule has 0 aromatic carbocycles. The minimum absolute atomic E-state index is 0.129. The van der Waals surface area contributed by atoms with Crippen molar-refractivity contribution >= 4 is 9.84 Å². The topological polar surface area (TPSA) is 55.4 Å². The molecule has 1 N–H and O–H groups in total. The standard InChI is InChI=1S/C12H21NO3S/c1-9-11(3-6-17(9,14)15)13-10-7-12(16-8-10)4-2-5-12/h9-11,13H,2-8H2,1H3/t9-,10?,11-/m1/s1. The maximum absolute atomic E-state index is 11.7. The van der Waals surface area contributed by atoms with Crippen LogP contribution in [0.15, 0.2) is 0 Å². The zero-order valence-corrected chi connectivity index (χ0v) is 11.1. The number of nitrogens with one attached hydrogen (secondary N) is 1. The molecule has 2 saturated heterocycles. The highest BCUT2D eigenvalue weighted by Crippen LogP contribution is 2.43. The van der Waals surface area contributed by atoms with Crippen LogP contribution in [-0.2, 0) is 14.6 Å². The van der Waals surface area contributed by atoms with Gasteiger partial charge in [-0.15, -0.1) is 0 Å². The van der Waals surface area contributed by atoms with Crippen molar-refractivity contribution in [3.8, 4) is 0 Å². The molecule has 0 amide bonds. The van der Waals surface area contributed by atoms with Crippen LogP contribution in [0.3, 0.4) is 0 Å². The molecule has 3 atom stereocenters. The third-order valence-electron chi connectivity index (χ3n) is 4.77. The fraction of sp³-hybridized carbons (Fsp3) is 1.00. The molecule has 3 fully saturated rings. The SMILES string of the molecule is C[C@@H]1[C@H](NC2COC3(CCC3)C2)CCS1(=O)=O. The fourth-order valence-electron chi connectivity index (χ4n) is 3.35. The quantitative estimate of drug-likeness (QED) is 0.799. The summed E-state index contributed by atoms with van der Waals surface area (Å²) in [5.41, 5.74) is 0.151. The van der Waals surface area contributed by atoms with E-state index in [0.717, 1.165) is 19.4 Å². The molecule has 4 nitrogen and oxygen atoms in total. The van der Waals surface area contributed by atoms with E-state index in [1.807, 2.05) is 6.92 Å².